The van der Waals surface area contributed by atoms with Gasteiger partial charge in [0, 0.05) is 11.1 Å². The van der Waals surface area contributed by atoms with Gasteiger partial charge in [-0.3, -0.25) is 0 Å². The molecule has 0 aromatic heterocycles. The maximum Gasteiger partial charge on any atom is 0.294 e. The van der Waals surface area contributed by atoms with Gasteiger partial charge >= 0.3 is 0 Å². The van der Waals surface area contributed by atoms with Crippen LogP contribution in [0.25, 0.3) is 6.08 Å². The van der Waals surface area contributed by atoms with Crippen LogP contribution in [0.5, 0.6) is 23.0 Å². The van der Waals surface area contributed by atoms with Gasteiger partial charge in [-0.25, -0.2) is 0 Å². The first-order valence-electron chi connectivity index (χ1n) is 6.04. The second kappa shape index (κ2) is 7.22. The van der Waals surface area contributed by atoms with E-state index in [1.54, 1.807) is 13.0 Å². The van der Waals surface area contributed by atoms with Crippen LogP contribution >= 0.6 is 0 Å². The van der Waals surface area contributed by atoms with Crippen LogP contribution < -0.4 is 9.47 Å². The minimum atomic E-state index is -0.876. The maximum absolute atomic E-state index is 10.1. The summed E-state index contributed by atoms with van der Waals surface area (Å²) >= 11 is 0. The van der Waals surface area contributed by atoms with Crippen LogP contribution in [0.3, 0.4) is 0 Å². The summed E-state index contributed by atoms with van der Waals surface area (Å²) in [5.74, 6) is -0.271. The molecule has 21 heavy (non-hydrogen) atoms. The molecule has 0 spiro atoms. The molecule has 0 atom stereocenters. The van der Waals surface area contributed by atoms with Crippen molar-refractivity contribution in [1.82, 2.24) is 0 Å². The van der Waals surface area contributed by atoms with Gasteiger partial charge in [-0.1, -0.05) is 12.2 Å². The largest absolute Gasteiger partial charge is 0.504 e. The van der Waals surface area contributed by atoms with Gasteiger partial charge in [0.1, 0.15) is 0 Å². The van der Waals surface area contributed by atoms with E-state index in [2.05, 4.69) is 4.84 Å². The number of phenolic OH excluding ortho intramolecular Hbond substituents is 2. The van der Waals surface area contributed by atoms with Gasteiger partial charge in [0.05, 0.1) is 20.8 Å². The summed E-state index contributed by atoms with van der Waals surface area (Å²) < 4.78 is 10.0. The van der Waals surface area contributed by atoms with E-state index >= 15 is 0 Å². The number of hydrogen-bond acceptors (Lipinski definition) is 7. The van der Waals surface area contributed by atoms with Gasteiger partial charge in [0.25, 0.3) is 5.09 Å². The van der Waals surface area contributed by atoms with Crippen molar-refractivity contribution in [2.24, 2.45) is 0 Å². The molecule has 0 bridgehead atoms. The Labute approximate surface area is 121 Å². The third kappa shape index (κ3) is 3.68. The number of nitrogens with zero attached hydrogens (tertiary/aromatic N) is 1. The highest BCUT2D eigenvalue weighted by Crippen LogP contribution is 2.48. The molecule has 0 fully saturated rings. The van der Waals surface area contributed by atoms with Gasteiger partial charge < -0.3 is 24.5 Å². The summed E-state index contributed by atoms with van der Waals surface area (Å²) in [7, 11) is 2.69. The minimum absolute atomic E-state index is 0.0155. The lowest BCUT2D eigenvalue weighted by Gasteiger charge is -2.15. The number of aromatic hydroxyl groups is 2. The standard InChI is InChI=1S/C13H17NO7/c1-8-9(6-4-5-7-21-14(17)18)11(16)13(20-3)12(19-2)10(8)15/h4,6,15-16H,5,7H2,1-3H3/b6-4+. The summed E-state index contributed by atoms with van der Waals surface area (Å²) in [6.45, 7) is 1.51. The molecule has 0 radical (unpaired) electrons. The Hall–Kier alpha value is -2.64. The number of phenols is 2. The number of benzene rings is 1. The van der Waals surface area contributed by atoms with Gasteiger partial charge in [0.15, 0.2) is 11.5 Å². The van der Waals surface area contributed by atoms with E-state index in [1.165, 1.54) is 20.3 Å². The zero-order chi connectivity index (χ0) is 16.0. The first-order valence-corrected chi connectivity index (χ1v) is 6.04. The molecule has 8 nitrogen and oxygen atoms in total. The number of methoxy groups -OCH3 is 2. The summed E-state index contributed by atoms with van der Waals surface area (Å²) in [5, 5.41) is 29.3. The summed E-state index contributed by atoms with van der Waals surface area (Å²) in [6, 6.07) is 0. The highest BCUT2D eigenvalue weighted by atomic mass is 16.9. The fourth-order valence-corrected chi connectivity index (χ4v) is 1.79. The monoisotopic (exact) mass is 299 g/mol. The number of hydrogen-bond donors (Lipinski definition) is 2. The van der Waals surface area contributed by atoms with Crippen LogP contribution in [-0.2, 0) is 4.84 Å². The molecular formula is C13H17NO7. The van der Waals surface area contributed by atoms with Crippen molar-refractivity contribution < 1.29 is 29.6 Å². The van der Waals surface area contributed by atoms with Gasteiger partial charge in [-0.15, -0.1) is 10.1 Å². The molecule has 2 N–H and O–H groups in total. The lowest BCUT2D eigenvalue weighted by atomic mass is 10.0. The summed E-state index contributed by atoms with van der Waals surface area (Å²) in [5.41, 5.74) is 0.739. The smallest absolute Gasteiger partial charge is 0.294 e. The number of rotatable bonds is 7. The Bertz CT molecular complexity index is 554. The average Bonchev–Trinajstić information content (AvgIpc) is 2.45. The average molecular weight is 299 g/mol. The third-order valence-electron chi connectivity index (χ3n) is 2.82. The lowest BCUT2D eigenvalue weighted by molar-refractivity contribution is -0.757. The maximum atomic E-state index is 10.1. The molecule has 0 heterocycles. The van der Waals surface area contributed by atoms with Gasteiger partial charge in [-0.05, 0) is 13.3 Å². The van der Waals surface area contributed by atoms with Crippen molar-refractivity contribution in [2.45, 2.75) is 13.3 Å². The Morgan fingerprint density at radius 1 is 1.19 bits per heavy atom. The third-order valence-corrected chi connectivity index (χ3v) is 2.82. The van der Waals surface area contributed by atoms with Crippen molar-refractivity contribution in [3.8, 4) is 23.0 Å². The molecule has 0 amide bonds. The Morgan fingerprint density at radius 3 is 2.29 bits per heavy atom. The topological polar surface area (TPSA) is 111 Å². The van der Waals surface area contributed by atoms with Crippen molar-refractivity contribution in [1.29, 1.82) is 0 Å². The molecule has 0 aliphatic heterocycles. The highest BCUT2D eigenvalue weighted by molar-refractivity contribution is 5.74. The molecule has 1 aromatic carbocycles. The Morgan fingerprint density at radius 2 is 1.76 bits per heavy atom. The minimum Gasteiger partial charge on any atom is -0.504 e. The molecule has 0 saturated carbocycles. The predicted octanol–water partition coefficient (Wildman–Crippen LogP) is 2.04. The van der Waals surface area contributed by atoms with E-state index in [4.69, 9.17) is 9.47 Å². The van der Waals surface area contributed by atoms with Gasteiger partial charge in [0.2, 0.25) is 11.5 Å². The molecule has 0 saturated heterocycles. The summed E-state index contributed by atoms with van der Waals surface area (Å²) in [4.78, 5) is 14.2. The molecular weight excluding hydrogens is 282 g/mol. The SMILES string of the molecule is COc1c(O)c(C)c(/C=C/CCO[N+](=O)[O-])c(O)c1OC. The quantitative estimate of drug-likeness (QED) is 0.343. The first kappa shape index (κ1) is 16.4. The fourth-order valence-electron chi connectivity index (χ4n) is 1.79. The first-order chi connectivity index (χ1) is 9.93. The van der Waals surface area contributed by atoms with E-state index in [0.29, 0.717) is 11.1 Å². The molecule has 1 rings (SSSR count). The van der Waals surface area contributed by atoms with Crippen LogP contribution in [-0.4, -0.2) is 36.1 Å². The van der Waals surface area contributed by atoms with E-state index < -0.39 is 5.09 Å². The predicted molar refractivity (Wildman–Crippen MR) is 74.2 cm³/mol. The van der Waals surface area contributed by atoms with E-state index in [0.717, 1.165) is 0 Å². The zero-order valence-electron chi connectivity index (χ0n) is 12.0. The van der Waals surface area contributed by atoms with Crippen molar-refractivity contribution >= 4 is 6.08 Å². The molecule has 0 aliphatic carbocycles. The van der Waals surface area contributed by atoms with E-state index in [9.17, 15) is 20.3 Å². The Balaban J connectivity index is 3.05. The normalized spacial score (nSPS) is 10.6. The number of ether oxygens (including phenoxy) is 2. The molecule has 8 heteroatoms. The second-order valence-electron chi connectivity index (χ2n) is 4.05. The van der Waals surface area contributed by atoms with Crippen molar-refractivity contribution in [2.75, 3.05) is 20.8 Å². The fraction of sp³-hybridized carbons (Fsp3) is 0.385. The molecule has 116 valence electrons. The van der Waals surface area contributed by atoms with Gasteiger partial charge in [-0.2, -0.15) is 0 Å². The molecule has 0 aliphatic rings. The van der Waals surface area contributed by atoms with Crippen LogP contribution in [0.4, 0.5) is 0 Å². The van der Waals surface area contributed by atoms with Crippen LogP contribution in [0.15, 0.2) is 6.08 Å². The van der Waals surface area contributed by atoms with Crippen LogP contribution in [0, 0.1) is 17.0 Å². The molecule has 1 aromatic rings. The zero-order valence-corrected chi connectivity index (χ0v) is 12.0. The van der Waals surface area contributed by atoms with Crippen LogP contribution in [0.1, 0.15) is 17.5 Å². The van der Waals surface area contributed by atoms with E-state index in [-0.39, 0.29) is 36.0 Å². The highest BCUT2D eigenvalue weighted by Gasteiger charge is 2.21. The van der Waals surface area contributed by atoms with Crippen LogP contribution in [0.2, 0.25) is 0 Å². The van der Waals surface area contributed by atoms with Crippen molar-refractivity contribution in [3.05, 3.63) is 27.3 Å². The van der Waals surface area contributed by atoms with Crippen molar-refractivity contribution in [3.63, 3.8) is 0 Å². The lowest BCUT2D eigenvalue weighted by Crippen LogP contribution is -2.00. The second-order valence-corrected chi connectivity index (χ2v) is 4.05. The van der Waals surface area contributed by atoms with E-state index in [1.807, 2.05) is 0 Å². The Kier molecular flexibility index (Phi) is 5.65. The molecule has 0 unspecified atom stereocenters. The summed E-state index contributed by atoms with van der Waals surface area (Å²) in [6.07, 6.45) is 3.38.